The summed E-state index contributed by atoms with van der Waals surface area (Å²) in [7, 11) is 2.01. The van der Waals surface area contributed by atoms with Crippen LogP contribution in [0.3, 0.4) is 0 Å². The average Bonchev–Trinajstić information content (AvgIpc) is 3.71. The Bertz CT molecular complexity index is 2850. The van der Waals surface area contributed by atoms with Gasteiger partial charge in [-0.05, 0) is 89.0 Å². The Hall–Kier alpha value is -6.53. The van der Waals surface area contributed by atoms with Gasteiger partial charge in [-0.2, -0.15) is 0 Å². The number of aromatic nitrogens is 4. The molecule has 0 N–H and O–H groups in total. The molecule has 0 amide bonds. The van der Waals surface area contributed by atoms with E-state index in [1.165, 1.54) is 16.8 Å². The standard InChI is InChI=1S/C47H36FN5/c1-47(2)36-18-7-9-20-39(36)52(33-16-5-4-6-17-33)43-28-35-34-24-23-31(27-41(34)53(42(35)29-37(43)47)44-22-11-12-25-49-44)45(48)30-14-13-15-32(26-30)46-50-38-19-8-10-21-40(38)51(46)3/h4-29,45H,1-3H3. The second-order valence-corrected chi connectivity index (χ2v) is 14.5. The molecule has 6 aromatic carbocycles. The number of rotatable bonds is 5. The van der Waals surface area contributed by atoms with E-state index in [1.54, 1.807) is 0 Å². The highest BCUT2D eigenvalue weighted by molar-refractivity contribution is 6.12. The van der Waals surface area contributed by atoms with Gasteiger partial charge in [-0.25, -0.2) is 14.4 Å². The third kappa shape index (κ3) is 4.75. The largest absolute Gasteiger partial charge is 0.327 e. The van der Waals surface area contributed by atoms with Crippen LogP contribution < -0.4 is 4.90 Å². The molecule has 1 aliphatic rings. The maximum Gasteiger partial charge on any atom is 0.150 e. The number of imidazole rings is 1. The normalized spacial score (nSPS) is 14.1. The number of hydrogen-bond acceptors (Lipinski definition) is 3. The zero-order valence-corrected chi connectivity index (χ0v) is 29.7. The molecule has 1 aliphatic heterocycles. The number of fused-ring (bicyclic) bond motifs is 6. The van der Waals surface area contributed by atoms with Crippen LogP contribution >= 0.6 is 0 Å². The van der Waals surface area contributed by atoms with Gasteiger partial charge in [-0.3, -0.25) is 4.57 Å². The predicted molar refractivity (Wildman–Crippen MR) is 214 cm³/mol. The number of aryl methyl sites for hydroxylation is 1. The first kappa shape index (κ1) is 31.2. The topological polar surface area (TPSA) is 38.9 Å². The van der Waals surface area contributed by atoms with Gasteiger partial charge in [0.2, 0.25) is 0 Å². The molecule has 0 saturated carbocycles. The number of halogens is 1. The highest BCUT2D eigenvalue weighted by atomic mass is 19.1. The number of nitrogens with zero attached hydrogens (tertiary/aromatic N) is 5. The van der Waals surface area contributed by atoms with Crippen LogP contribution in [-0.2, 0) is 12.5 Å². The molecule has 5 nitrogen and oxygen atoms in total. The molecular weight excluding hydrogens is 654 g/mol. The van der Waals surface area contributed by atoms with E-state index in [9.17, 15) is 0 Å². The molecule has 0 fully saturated rings. The Labute approximate surface area is 307 Å². The van der Waals surface area contributed by atoms with Crippen molar-refractivity contribution in [2.45, 2.75) is 25.4 Å². The SMILES string of the molecule is Cn1c(-c2cccc(C(F)c3ccc4c5cc6c(cc5n(-c5ccccn5)c4c3)C(C)(C)c3ccccc3N6c3ccccc3)c2)nc2ccccc21. The molecule has 3 aromatic heterocycles. The number of benzene rings is 6. The fourth-order valence-corrected chi connectivity index (χ4v) is 8.40. The third-order valence-electron chi connectivity index (χ3n) is 11.1. The van der Waals surface area contributed by atoms with Gasteiger partial charge in [0.15, 0.2) is 6.17 Å². The van der Waals surface area contributed by atoms with Gasteiger partial charge in [0.05, 0.1) is 33.4 Å². The Kier molecular flexibility index (Phi) is 6.92. The van der Waals surface area contributed by atoms with Crippen LogP contribution in [0.1, 0.15) is 42.3 Å². The molecule has 1 unspecified atom stereocenters. The second kappa shape index (κ2) is 11.8. The van der Waals surface area contributed by atoms with E-state index in [2.05, 4.69) is 107 Å². The van der Waals surface area contributed by atoms with Gasteiger partial charge in [-0.1, -0.05) is 98.8 Å². The van der Waals surface area contributed by atoms with E-state index in [-0.39, 0.29) is 5.41 Å². The quantitative estimate of drug-likeness (QED) is 0.181. The Balaban J connectivity index is 1.17. The monoisotopic (exact) mass is 689 g/mol. The molecule has 0 radical (unpaired) electrons. The van der Waals surface area contributed by atoms with Crippen LogP contribution in [0.4, 0.5) is 21.5 Å². The van der Waals surface area contributed by atoms with Crippen LogP contribution in [0.2, 0.25) is 0 Å². The van der Waals surface area contributed by atoms with E-state index >= 15 is 4.39 Å². The maximum absolute atomic E-state index is 16.9. The van der Waals surface area contributed by atoms with Crippen LogP contribution in [-0.4, -0.2) is 19.1 Å². The molecule has 4 heterocycles. The van der Waals surface area contributed by atoms with Crippen LogP contribution in [0, 0.1) is 0 Å². The minimum atomic E-state index is -1.35. The van der Waals surface area contributed by atoms with E-state index in [0.717, 1.165) is 61.4 Å². The summed E-state index contributed by atoms with van der Waals surface area (Å²) >= 11 is 0. The minimum Gasteiger partial charge on any atom is -0.327 e. The molecule has 0 aliphatic carbocycles. The third-order valence-corrected chi connectivity index (χ3v) is 11.1. The molecule has 53 heavy (non-hydrogen) atoms. The zero-order valence-electron chi connectivity index (χ0n) is 29.7. The second-order valence-electron chi connectivity index (χ2n) is 14.5. The van der Waals surface area contributed by atoms with E-state index < -0.39 is 6.17 Å². The summed E-state index contributed by atoms with van der Waals surface area (Å²) in [6.45, 7) is 4.61. The number of hydrogen-bond donors (Lipinski definition) is 0. The van der Waals surface area contributed by atoms with Crippen LogP contribution in [0.5, 0.6) is 0 Å². The summed E-state index contributed by atoms with van der Waals surface area (Å²) in [4.78, 5) is 12.1. The Morgan fingerprint density at radius 1 is 0.604 bits per heavy atom. The van der Waals surface area contributed by atoms with E-state index in [1.807, 2.05) is 86.0 Å². The minimum absolute atomic E-state index is 0.282. The summed E-state index contributed by atoms with van der Waals surface area (Å²) in [5, 5.41) is 2.13. The molecule has 9 aromatic rings. The smallest absolute Gasteiger partial charge is 0.150 e. The Morgan fingerprint density at radius 3 is 2.19 bits per heavy atom. The lowest BCUT2D eigenvalue weighted by molar-refractivity contribution is 0.402. The number of pyridine rings is 1. The molecular formula is C47H36FN5. The fourth-order valence-electron chi connectivity index (χ4n) is 8.40. The Morgan fingerprint density at radius 2 is 1.36 bits per heavy atom. The van der Waals surface area contributed by atoms with Crippen molar-refractivity contribution in [1.82, 2.24) is 19.1 Å². The van der Waals surface area contributed by atoms with Gasteiger partial charge >= 0.3 is 0 Å². The summed E-state index contributed by atoms with van der Waals surface area (Å²) in [5.74, 6) is 1.60. The molecule has 1 atom stereocenters. The lowest BCUT2D eigenvalue weighted by Crippen LogP contribution is -2.30. The van der Waals surface area contributed by atoms with Gasteiger partial charge in [-0.15, -0.1) is 0 Å². The van der Waals surface area contributed by atoms with Gasteiger partial charge in [0, 0.05) is 40.7 Å². The van der Waals surface area contributed by atoms with Crippen LogP contribution in [0.25, 0.3) is 50.0 Å². The molecule has 0 bridgehead atoms. The van der Waals surface area contributed by atoms with Crippen molar-refractivity contribution in [2.24, 2.45) is 7.05 Å². The van der Waals surface area contributed by atoms with Gasteiger partial charge < -0.3 is 9.47 Å². The number of anilines is 3. The van der Waals surface area contributed by atoms with Gasteiger partial charge in [0.1, 0.15) is 11.6 Å². The molecule has 0 spiro atoms. The lowest BCUT2D eigenvalue weighted by Gasteiger charge is -2.42. The van der Waals surface area contributed by atoms with Gasteiger partial charge in [0.25, 0.3) is 0 Å². The number of para-hydroxylation sites is 4. The van der Waals surface area contributed by atoms with Crippen LogP contribution in [0.15, 0.2) is 158 Å². The zero-order chi connectivity index (χ0) is 35.8. The van der Waals surface area contributed by atoms with Crippen molar-refractivity contribution in [3.8, 4) is 17.2 Å². The maximum atomic E-state index is 16.9. The van der Waals surface area contributed by atoms with Crippen molar-refractivity contribution in [1.29, 1.82) is 0 Å². The summed E-state index contributed by atoms with van der Waals surface area (Å²) < 4.78 is 21.1. The molecule has 256 valence electrons. The summed E-state index contributed by atoms with van der Waals surface area (Å²) in [6.07, 6.45) is 0.469. The summed E-state index contributed by atoms with van der Waals surface area (Å²) in [6, 6.07) is 51.7. The van der Waals surface area contributed by atoms with Crippen molar-refractivity contribution >= 4 is 49.9 Å². The van der Waals surface area contributed by atoms with Crippen molar-refractivity contribution in [3.05, 3.63) is 180 Å². The first-order chi connectivity index (χ1) is 25.9. The van der Waals surface area contributed by atoms with E-state index in [4.69, 9.17) is 9.97 Å². The fraction of sp³-hybridized carbons (Fsp3) is 0.106. The highest BCUT2D eigenvalue weighted by Crippen LogP contribution is 2.53. The summed E-state index contributed by atoms with van der Waals surface area (Å²) in [5.41, 5.74) is 11.6. The molecule has 6 heteroatoms. The molecule has 0 saturated heterocycles. The van der Waals surface area contributed by atoms with Crippen molar-refractivity contribution in [3.63, 3.8) is 0 Å². The average molecular weight is 690 g/mol. The highest BCUT2D eigenvalue weighted by Gasteiger charge is 2.38. The van der Waals surface area contributed by atoms with E-state index in [0.29, 0.717) is 11.1 Å². The number of alkyl halides is 1. The first-order valence-electron chi connectivity index (χ1n) is 18.0. The first-order valence-corrected chi connectivity index (χ1v) is 18.0. The van der Waals surface area contributed by atoms with Crippen molar-refractivity contribution in [2.75, 3.05) is 4.90 Å². The predicted octanol–water partition coefficient (Wildman–Crippen LogP) is 11.9. The lowest BCUT2D eigenvalue weighted by atomic mass is 9.73. The van der Waals surface area contributed by atoms with Crippen molar-refractivity contribution < 1.29 is 4.39 Å². The molecule has 10 rings (SSSR count).